The maximum atomic E-state index is 11.0. The van der Waals surface area contributed by atoms with E-state index in [9.17, 15) is 9.59 Å². The Labute approximate surface area is 116 Å². The van der Waals surface area contributed by atoms with Crippen LogP contribution in [0, 0.1) is 5.92 Å². The van der Waals surface area contributed by atoms with Crippen LogP contribution in [0.15, 0.2) is 18.2 Å². The zero-order chi connectivity index (χ0) is 14.0. The number of hydrogen-bond donors (Lipinski definition) is 2. The first-order valence-electron chi connectivity index (χ1n) is 6.04. The summed E-state index contributed by atoms with van der Waals surface area (Å²) in [6.07, 6.45) is 1.09. The van der Waals surface area contributed by atoms with Gasteiger partial charge in [-0.25, -0.2) is 0 Å². The van der Waals surface area contributed by atoms with Gasteiger partial charge in [0.25, 0.3) is 0 Å². The van der Waals surface area contributed by atoms with Crippen LogP contribution in [0.3, 0.4) is 0 Å². The first-order valence-corrected chi connectivity index (χ1v) is 6.42. The van der Waals surface area contributed by atoms with Crippen LogP contribution in [-0.4, -0.2) is 30.1 Å². The number of primary amides is 1. The number of rotatable bonds is 5. The van der Waals surface area contributed by atoms with Gasteiger partial charge in [-0.1, -0.05) is 11.6 Å². The molecule has 5 nitrogen and oxygen atoms in total. The van der Waals surface area contributed by atoms with Crippen molar-refractivity contribution in [1.29, 1.82) is 0 Å². The molecule has 102 valence electrons. The maximum absolute atomic E-state index is 11.0. The normalized spacial score (nSPS) is 15.1. The molecule has 1 heterocycles. The number of fused-ring (bicyclic) bond motifs is 1. The number of carboxylic acids is 1. The lowest BCUT2D eigenvalue weighted by molar-refractivity contribution is -0.146. The Morgan fingerprint density at radius 1 is 1.47 bits per heavy atom. The van der Waals surface area contributed by atoms with Crippen LogP contribution in [-0.2, 0) is 16.0 Å². The molecule has 0 aromatic heterocycles. The number of aliphatic carboxylic acids is 1. The molecular weight excluding hydrogens is 268 g/mol. The molecule has 0 saturated carbocycles. The van der Waals surface area contributed by atoms with Crippen LogP contribution < -0.4 is 10.6 Å². The van der Waals surface area contributed by atoms with Crippen LogP contribution in [0.1, 0.15) is 12.0 Å². The molecule has 6 heteroatoms. The Hall–Kier alpha value is -1.75. The quantitative estimate of drug-likeness (QED) is 0.797. The third-order valence-electron chi connectivity index (χ3n) is 3.36. The van der Waals surface area contributed by atoms with Gasteiger partial charge in [0.2, 0.25) is 5.91 Å². The Bertz CT molecular complexity index is 505. The number of nitrogens with zero attached hydrogens (tertiary/aromatic N) is 1. The van der Waals surface area contributed by atoms with Gasteiger partial charge in [0.15, 0.2) is 0 Å². The van der Waals surface area contributed by atoms with Crippen molar-refractivity contribution in [2.75, 3.05) is 18.0 Å². The predicted octanol–water partition coefficient (Wildman–Crippen LogP) is 1.28. The van der Waals surface area contributed by atoms with E-state index in [0.29, 0.717) is 11.6 Å². The van der Waals surface area contributed by atoms with Crippen molar-refractivity contribution in [3.63, 3.8) is 0 Å². The summed E-state index contributed by atoms with van der Waals surface area (Å²) in [5, 5.41) is 9.61. The van der Waals surface area contributed by atoms with E-state index in [-0.39, 0.29) is 6.42 Å². The number of hydrogen-bond acceptors (Lipinski definition) is 3. The lowest BCUT2D eigenvalue weighted by Gasteiger charge is -2.20. The summed E-state index contributed by atoms with van der Waals surface area (Å²) in [5.41, 5.74) is 7.29. The largest absolute Gasteiger partial charge is 0.481 e. The third kappa shape index (κ3) is 2.98. The molecule has 1 aromatic carbocycles. The van der Waals surface area contributed by atoms with Gasteiger partial charge in [0, 0.05) is 23.8 Å². The topological polar surface area (TPSA) is 83.6 Å². The lowest BCUT2D eigenvalue weighted by Crippen LogP contribution is -2.34. The van der Waals surface area contributed by atoms with E-state index in [1.165, 1.54) is 0 Å². The summed E-state index contributed by atoms with van der Waals surface area (Å²) in [7, 11) is 0. The first-order chi connectivity index (χ1) is 8.99. The molecule has 3 N–H and O–H groups in total. The maximum Gasteiger partial charge on any atom is 0.316 e. The van der Waals surface area contributed by atoms with Crippen molar-refractivity contribution in [2.45, 2.75) is 12.8 Å². The highest BCUT2D eigenvalue weighted by Gasteiger charge is 2.26. The second kappa shape index (κ2) is 5.48. The summed E-state index contributed by atoms with van der Waals surface area (Å²) in [5.74, 6) is -3.08. The van der Waals surface area contributed by atoms with E-state index in [4.69, 9.17) is 22.4 Å². The van der Waals surface area contributed by atoms with Gasteiger partial charge in [-0.15, -0.1) is 0 Å². The van der Waals surface area contributed by atoms with Crippen LogP contribution in [0.2, 0.25) is 5.02 Å². The van der Waals surface area contributed by atoms with Crippen molar-refractivity contribution < 1.29 is 14.7 Å². The molecule has 19 heavy (non-hydrogen) atoms. The number of halogens is 1. The standard InChI is InChI=1S/C13H15ClN2O3/c14-9-1-2-11-8(7-9)3-5-16(11)6-4-10(12(15)17)13(18)19/h1-2,7,10H,3-6H2,(H2,15,17)(H,18,19). The van der Waals surface area contributed by atoms with E-state index >= 15 is 0 Å². The molecule has 1 aliphatic heterocycles. The minimum absolute atomic E-state index is 0.215. The predicted molar refractivity (Wildman–Crippen MR) is 72.3 cm³/mol. The second-order valence-corrected chi connectivity index (χ2v) is 5.03. The van der Waals surface area contributed by atoms with Crippen LogP contribution in [0.4, 0.5) is 5.69 Å². The summed E-state index contributed by atoms with van der Waals surface area (Å²) >= 11 is 5.92. The van der Waals surface area contributed by atoms with Gasteiger partial charge in [-0.3, -0.25) is 9.59 Å². The Morgan fingerprint density at radius 2 is 2.21 bits per heavy atom. The van der Waals surface area contributed by atoms with Crippen molar-refractivity contribution in [3.05, 3.63) is 28.8 Å². The van der Waals surface area contributed by atoms with Crippen molar-refractivity contribution in [2.24, 2.45) is 11.7 Å². The molecule has 1 amide bonds. The summed E-state index contributed by atoms with van der Waals surface area (Å²) in [6.45, 7) is 1.30. The fourth-order valence-corrected chi connectivity index (χ4v) is 2.54. The Morgan fingerprint density at radius 3 is 2.84 bits per heavy atom. The number of amides is 1. The molecule has 0 saturated heterocycles. The molecule has 0 aliphatic carbocycles. The molecule has 1 unspecified atom stereocenters. The third-order valence-corrected chi connectivity index (χ3v) is 3.60. The summed E-state index contributed by atoms with van der Waals surface area (Å²) < 4.78 is 0. The molecule has 0 radical (unpaired) electrons. The average Bonchev–Trinajstić information content (AvgIpc) is 2.71. The van der Waals surface area contributed by atoms with Crippen molar-refractivity contribution >= 4 is 29.2 Å². The molecule has 1 atom stereocenters. The minimum atomic E-state index is -1.16. The fourth-order valence-electron chi connectivity index (χ4n) is 2.34. The van der Waals surface area contributed by atoms with Gasteiger partial charge in [0.05, 0.1) is 0 Å². The fraction of sp³-hybridized carbons (Fsp3) is 0.385. The highest BCUT2D eigenvalue weighted by molar-refractivity contribution is 6.30. The number of carboxylic acid groups (broad SMARTS) is 1. The summed E-state index contributed by atoms with van der Waals surface area (Å²) in [6, 6.07) is 5.64. The van der Waals surface area contributed by atoms with Gasteiger partial charge >= 0.3 is 5.97 Å². The van der Waals surface area contributed by atoms with Gasteiger partial charge in [-0.2, -0.15) is 0 Å². The minimum Gasteiger partial charge on any atom is -0.481 e. The SMILES string of the molecule is NC(=O)C(CCN1CCc2cc(Cl)ccc21)C(=O)O. The highest BCUT2D eigenvalue weighted by atomic mass is 35.5. The van der Waals surface area contributed by atoms with E-state index < -0.39 is 17.8 Å². The summed E-state index contributed by atoms with van der Waals surface area (Å²) in [4.78, 5) is 24.0. The van der Waals surface area contributed by atoms with Gasteiger partial charge < -0.3 is 15.7 Å². The number of nitrogens with two attached hydrogens (primary N) is 1. The molecule has 2 rings (SSSR count). The first kappa shape index (κ1) is 13.7. The van der Waals surface area contributed by atoms with Crippen molar-refractivity contribution in [1.82, 2.24) is 0 Å². The smallest absolute Gasteiger partial charge is 0.316 e. The monoisotopic (exact) mass is 282 g/mol. The second-order valence-electron chi connectivity index (χ2n) is 4.59. The van der Waals surface area contributed by atoms with Gasteiger partial charge in [-0.05, 0) is 36.6 Å². The molecule has 0 spiro atoms. The zero-order valence-corrected chi connectivity index (χ0v) is 11.1. The number of anilines is 1. The lowest BCUT2D eigenvalue weighted by atomic mass is 10.1. The van der Waals surface area contributed by atoms with E-state index in [0.717, 1.165) is 24.2 Å². The van der Waals surface area contributed by atoms with E-state index in [1.807, 2.05) is 18.2 Å². The van der Waals surface area contributed by atoms with Crippen molar-refractivity contribution in [3.8, 4) is 0 Å². The van der Waals surface area contributed by atoms with Crippen LogP contribution in [0.5, 0.6) is 0 Å². The molecule has 0 bridgehead atoms. The number of carbonyl (C=O) groups is 2. The molecule has 0 fully saturated rings. The van der Waals surface area contributed by atoms with Crippen LogP contribution >= 0.6 is 11.6 Å². The van der Waals surface area contributed by atoms with Crippen LogP contribution in [0.25, 0.3) is 0 Å². The van der Waals surface area contributed by atoms with E-state index in [1.54, 1.807) is 0 Å². The molecular formula is C13H15ClN2O3. The number of carbonyl (C=O) groups excluding carboxylic acids is 1. The Kier molecular flexibility index (Phi) is 3.95. The Balaban J connectivity index is 2.03. The molecule has 1 aromatic rings. The van der Waals surface area contributed by atoms with Gasteiger partial charge in [0.1, 0.15) is 5.92 Å². The average molecular weight is 283 g/mol. The van der Waals surface area contributed by atoms with E-state index in [2.05, 4.69) is 4.90 Å². The highest BCUT2D eigenvalue weighted by Crippen LogP contribution is 2.30. The number of benzene rings is 1. The zero-order valence-electron chi connectivity index (χ0n) is 10.3. The molecule has 1 aliphatic rings.